The molecule has 1 aromatic rings. The lowest BCUT2D eigenvalue weighted by Crippen LogP contribution is -2.56. The molecule has 1 aromatic heterocycles. The van der Waals surface area contributed by atoms with Crippen molar-refractivity contribution in [3.63, 3.8) is 0 Å². The number of nitrogens with zero attached hydrogens (tertiary/aromatic N) is 4. The van der Waals surface area contributed by atoms with E-state index in [4.69, 9.17) is 0 Å². The Morgan fingerprint density at radius 2 is 2.00 bits per heavy atom. The van der Waals surface area contributed by atoms with Crippen molar-refractivity contribution < 1.29 is 4.79 Å². The van der Waals surface area contributed by atoms with Gasteiger partial charge in [0, 0.05) is 51.7 Å². The minimum Gasteiger partial charge on any atom is -0.352 e. The maximum absolute atomic E-state index is 12.1. The van der Waals surface area contributed by atoms with Gasteiger partial charge in [-0.2, -0.15) is 0 Å². The van der Waals surface area contributed by atoms with Crippen molar-refractivity contribution in [2.24, 2.45) is 5.92 Å². The summed E-state index contributed by atoms with van der Waals surface area (Å²) in [5, 5.41) is 3.14. The van der Waals surface area contributed by atoms with Crippen LogP contribution in [0, 0.1) is 5.92 Å². The van der Waals surface area contributed by atoms with Crippen molar-refractivity contribution in [3.8, 4) is 0 Å². The van der Waals surface area contributed by atoms with E-state index in [2.05, 4.69) is 20.2 Å². The lowest BCUT2D eigenvalue weighted by molar-refractivity contribution is -0.137. The van der Waals surface area contributed by atoms with E-state index in [9.17, 15) is 4.79 Å². The summed E-state index contributed by atoms with van der Waals surface area (Å²) >= 11 is 0. The van der Waals surface area contributed by atoms with Crippen molar-refractivity contribution in [2.75, 3.05) is 44.2 Å². The number of carbonyl (C=O) groups is 1. The van der Waals surface area contributed by atoms with Crippen LogP contribution in [0.25, 0.3) is 0 Å². The molecule has 6 nitrogen and oxygen atoms in total. The molecule has 0 radical (unpaired) electrons. The first kappa shape index (κ1) is 11.4. The molecule has 2 aliphatic heterocycles. The number of carbonyl (C=O) groups excluding carboxylic acids is 1. The Morgan fingerprint density at radius 1 is 1.22 bits per heavy atom. The number of piperazine rings is 1. The summed E-state index contributed by atoms with van der Waals surface area (Å²) in [5.41, 5.74) is 0. The normalized spacial score (nSPS) is 20.7. The summed E-state index contributed by atoms with van der Waals surface area (Å²) in [6, 6.07) is 0. The maximum atomic E-state index is 12.1. The van der Waals surface area contributed by atoms with Gasteiger partial charge in [-0.3, -0.25) is 9.78 Å². The fraction of sp³-hybridized carbons (Fsp3) is 0.583. The Labute approximate surface area is 106 Å². The fourth-order valence-corrected chi connectivity index (χ4v) is 2.33. The molecule has 0 unspecified atom stereocenters. The van der Waals surface area contributed by atoms with E-state index in [0.717, 1.165) is 45.1 Å². The monoisotopic (exact) mass is 247 g/mol. The summed E-state index contributed by atoms with van der Waals surface area (Å²) in [6.07, 6.45) is 5.15. The third kappa shape index (κ3) is 2.15. The van der Waals surface area contributed by atoms with Gasteiger partial charge >= 0.3 is 0 Å². The Kier molecular flexibility index (Phi) is 3.10. The van der Waals surface area contributed by atoms with E-state index in [1.165, 1.54) is 0 Å². The molecular formula is C12H17N5O. The van der Waals surface area contributed by atoms with Crippen LogP contribution in [0.1, 0.15) is 0 Å². The van der Waals surface area contributed by atoms with Gasteiger partial charge in [-0.15, -0.1) is 0 Å². The number of hydrogen-bond acceptors (Lipinski definition) is 5. The average molecular weight is 247 g/mol. The summed E-state index contributed by atoms with van der Waals surface area (Å²) in [6.45, 7) is 4.92. The highest BCUT2D eigenvalue weighted by Gasteiger charge is 2.31. The molecule has 0 spiro atoms. The first-order chi connectivity index (χ1) is 8.84. The van der Waals surface area contributed by atoms with Crippen LogP contribution in [-0.2, 0) is 4.79 Å². The minimum absolute atomic E-state index is 0.202. The Hall–Kier alpha value is -1.69. The molecule has 0 saturated carbocycles. The molecule has 2 fully saturated rings. The zero-order valence-corrected chi connectivity index (χ0v) is 10.2. The second-order valence-corrected chi connectivity index (χ2v) is 4.73. The van der Waals surface area contributed by atoms with Gasteiger partial charge in [0.15, 0.2) is 0 Å². The number of anilines is 1. The van der Waals surface area contributed by atoms with Gasteiger partial charge in [-0.25, -0.2) is 4.98 Å². The SMILES string of the molecule is O=C(C1CNC1)N1CCN(c2cnccn2)CC1. The third-order valence-corrected chi connectivity index (χ3v) is 3.60. The number of aromatic nitrogens is 2. The predicted octanol–water partition coefficient (Wildman–Crippen LogP) is -0.655. The van der Waals surface area contributed by atoms with Crippen molar-refractivity contribution in [2.45, 2.75) is 0 Å². The number of rotatable bonds is 2. The Balaban J connectivity index is 1.56. The molecule has 18 heavy (non-hydrogen) atoms. The van der Waals surface area contributed by atoms with Gasteiger partial charge in [-0.1, -0.05) is 0 Å². The quantitative estimate of drug-likeness (QED) is 0.752. The van der Waals surface area contributed by atoms with E-state index in [1.807, 2.05) is 4.90 Å². The smallest absolute Gasteiger partial charge is 0.228 e. The summed E-state index contributed by atoms with van der Waals surface area (Å²) in [5.74, 6) is 1.40. The molecule has 3 heterocycles. The number of hydrogen-bond donors (Lipinski definition) is 1. The summed E-state index contributed by atoms with van der Waals surface area (Å²) in [4.78, 5) is 24.6. The van der Waals surface area contributed by atoms with Gasteiger partial charge in [0.2, 0.25) is 5.91 Å². The zero-order chi connectivity index (χ0) is 12.4. The Morgan fingerprint density at radius 3 is 2.56 bits per heavy atom. The minimum atomic E-state index is 0.202. The van der Waals surface area contributed by atoms with Crippen molar-refractivity contribution in [1.29, 1.82) is 0 Å². The number of nitrogens with one attached hydrogen (secondary N) is 1. The zero-order valence-electron chi connectivity index (χ0n) is 10.2. The van der Waals surface area contributed by atoms with E-state index < -0.39 is 0 Å². The molecular weight excluding hydrogens is 230 g/mol. The van der Waals surface area contributed by atoms with Gasteiger partial charge in [-0.05, 0) is 0 Å². The highest BCUT2D eigenvalue weighted by Crippen LogP contribution is 2.14. The highest BCUT2D eigenvalue weighted by atomic mass is 16.2. The van der Waals surface area contributed by atoms with Gasteiger partial charge in [0.05, 0.1) is 12.1 Å². The van der Waals surface area contributed by atoms with Gasteiger partial charge < -0.3 is 15.1 Å². The molecule has 0 atom stereocenters. The second-order valence-electron chi connectivity index (χ2n) is 4.73. The van der Waals surface area contributed by atoms with Crippen LogP contribution in [0.4, 0.5) is 5.82 Å². The summed E-state index contributed by atoms with van der Waals surface area (Å²) < 4.78 is 0. The molecule has 96 valence electrons. The highest BCUT2D eigenvalue weighted by molar-refractivity contribution is 5.80. The molecule has 1 amide bonds. The van der Waals surface area contributed by atoms with Crippen LogP contribution in [0.15, 0.2) is 18.6 Å². The average Bonchev–Trinajstić information content (AvgIpc) is 2.38. The molecule has 0 bridgehead atoms. The lowest BCUT2D eigenvalue weighted by atomic mass is 10.0. The van der Waals surface area contributed by atoms with Crippen LogP contribution in [0.3, 0.4) is 0 Å². The molecule has 3 rings (SSSR count). The van der Waals surface area contributed by atoms with E-state index in [0.29, 0.717) is 5.91 Å². The van der Waals surface area contributed by atoms with Crippen molar-refractivity contribution >= 4 is 11.7 Å². The van der Waals surface area contributed by atoms with Crippen LogP contribution in [0.2, 0.25) is 0 Å². The molecule has 0 aromatic carbocycles. The van der Waals surface area contributed by atoms with Gasteiger partial charge in [0.25, 0.3) is 0 Å². The van der Waals surface area contributed by atoms with Crippen molar-refractivity contribution in [1.82, 2.24) is 20.2 Å². The van der Waals surface area contributed by atoms with Crippen LogP contribution in [0.5, 0.6) is 0 Å². The van der Waals surface area contributed by atoms with E-state index in [1.54, 1.807) is 18.6 Å². The van der Waals surface area contributed by atoms with Crippen LogP contribution < -0.4 is 10.2 Å². The molecule has 0 aliphatic carbocycles. The maximum Gasteiger partial charge on any atom is 0.228 e. The van der Waals surface area contributed by atoms with Gasteiger partial charge in [0.1, 0.15) is 5.82 Å². The summed E-state index contributed by atoms with van der Waals surface area (Å²) in [7, 11) is 0. The topological polar surface area (TPSA) is 61.4 Å². The first-order valence-corrected chi connectivity index (χ1v) is 6.35. The lowest BCUT2D eigenvalue weighted by Gasteiger charge is -2.38. The van der Waals surface area contributed by atoms with Crippen molar-refractivity contribution in [3.05, 3.63) is 18.6 Å². The molecule has 2 saturated heterocycles. The molecule has 2 aliphatic rings. The molecule has 6 heteroatoms. The van der Waals surface area contributed by atoms with Crippen LogP contribution >= 0.6 is 0 Å². The molecule has 1 N–H and O–H groups in total. The van der Waals surface area contributed by atoms with E-state index >= 15 is 0 Å². The predicted molar refractivity (Wildman–Crippen MR) is 67.2 cm³/mol. The first-order valence-electron chi connectivity index (χ1n) is 6.35. The van der Waals surface area contributed by atoms with E-state index in [-0.39, 0.29) is 5.92 Å². The largest absolute Gasteiger partial charge is 0.352 e. The Bertz CT molecular complexity index is 412. The third-order valence-electron chi connectivity index (χ3n) is 3.60. The van der Waals surface area contributed by atoms with Crippen LogP contribution in [-0.4, -0.2) is 60.0 Å². The number of amides is 1. The second kappa shape index (κ2) is 4.89. The fourth-order valence-electron chi connectivity index (χ4n) is 2.33. The standard InChI is InChI=1S/C12H17N5O/c18-12(10-7-14-8-10)17-5-3-16(4-6-17)11-9-13-1-2-15-11/h1-2,9-10,14H,3-8H2.